The van der Waals surface area contributed by atoms with E-state index in [2.05, 4.69) is 23.2 Å². The molecule has 4 nitrogen and oxygen atoms in total. The van der Waals surface area contributed by atoms with Gasteiger partial charge in [0.05, 0.1) is 0 Å². The van der Waals surface area contributed by atoms with Crippen molar-refractivity contribution in [1.82, 2.24) is 14.8 Å². The van der Waals surface area contributed by atoms with E-state index in [1.165, 1.54) is 5.56 Å². The van der Waals surface area contributed by atoms with Crippen molar-refractivity contribution >= 4 is 12.2 Å². The summed E-state index contributed by atoms with van der Waals surface area (Å²) >= 11 is 5.09. The molecule has 1 unspecified atom stereocenters. The topological polar surface area (TPSA) is 42.8 Å². The highest BCUT2D eigenvalue weighted by Crippen LogP contribution is 2.24. The number of nitrogens with one attached hydrogen (secondary N) is 1. The lowest BCUT2D eigenvalue weighted by Gasteiger charge is -2.15. The lowest BCUT2D eigenvalue weighted by Crippen LogP contribution is -2.10. The number of benzene rings is 1. The van der Waals surface area contributed by atoms with Crippen LogP contribution in [-0.2, 0) is 7.05 Å². The molecule has 1 atom stereocenters. The molecule has 0 radical (unpaired) electrons. The largest absolute Gasteiger partial charge is 0.482 e. The van der Waals surface area contributed by atoms with Crippen LogP contribution in [0.5, 0.6) is 5.75 Å². The predicted molar refractivity (Wildman–Crippen MR) is 73.4 cm³/mol. The predicted octanol–water partition coefficient (Wildman–Crippen LogP) is 3.23. The summed E-state index contributed by atoms with van der Waals surface area (Å²) in [6.45, 7) is 6.07. The molecule has 18 heavy (non-hydrogen) atoms. The summed E-state index contributed by atoms with van der Waals surface area (Å²) in [6.07, 6.45) is -0.149. The fraction of sp³-hybridized carbons (Fsp3) is 0.385. The van der Waals surface area contributed by atoms with Gasteiger partial charge in [-0.25, -0.2) is 0 Å². The fourth-order valence-corrected chi connectivity index (χ4v) is 2.04. The van der Waals surface area contributed by atoms with Crippen molar-refractivity contribution in [1.29, 1.82) is 0 Å². The Morgan fingerprint density at radius 3 is 2.67 bits per heavy atom. The maximum absolute atomic E-state index is 5.93. The number of hydrogen-bond donors (Lipinski definition) is 1. The first-order chi connectivity index (χ1) is 8.49. The van der Waals surface area contributed by atoms with Crippen molar-refractivity contribution in [2.24, 2.45) is 7.05 Å². The average molecular weight is 263 g/mol. The zero-order valence-corrected chi connectivity index (χ0v) is 11.8. The smallest absolute Gasteiger partial charge is 0.195 e. The third kappa shape index (κ3) is 2.46. The number of rotatable bonds is 3. The minimum absolute atomic E-state index is 0.149. The summed E-state index contributed by atoms with van der Waals surface area (Å²) in [6, 6.07) is 6.13. The molecule has 1 aromatic heterocycles. The molecule has 5 heteroatoms. The van der Waals surface area contributed by atoms with E-state index in [1.54, 1.807) is 0 Å². The normalized spacial score (nSPS) is 12.4. The van der Waals surface area contributed by atoms with Gasteiger partial charge in [-0.05, 0) is 44.6 Å². The van der Waals surface area contributed by atoms with Crippen LogP contribution in [0.25, 0.3) is 0 Å². The molecule has 1 heterocycles. The first kappa shape index (κ1) is 12.8. The summed E-state index contributed by atoms with van der Waals surface area (Å²) in [7, 11) is 1.88. The Hall–Kier alpha value is -1.62. The van der Waals surface area contributed by atoms with E-state index in [9.17, 15) is 0 Å². The first-order valence-electron chi connectivity index (χ1n) is 5.84. The zero-order valence-electron chi connectivity index (χ0n) is 11.0. The molecular formula is C13H17N3OS. The van der Waals surface area contributed by atoms with Crippen molar-refractivity contribution < 1.29 is 4.74 Å². The molecule has 0 amide bonds. The van der Waals surface area contributed by atoms with E-state index < -0.39 is 0 Å². The van der Waals surface area contributed by atoms with Crippen molar-refractivity contribution in [3.8, 4) is 5.75 Å². The Kier molecular flexibility index (Phi) is 3.52. The monoisotopic (exact) mass is 263 g/mol. The van der Waals surface area contributed by atoms with Gasteiger partial charge in [-0.3, -0.25) is 5.10 Å². The van der Waals surface area contributed by atoms with Crippen molar-refractivity contribution in [3.63, 3.8) is 0 Å². The van der Waals surface area contributed by atoms with Gasteiger partial charge in [-0.1, -0.05) is 17.7 Å². The van der Waals surface area contributed by atoms with Gasteiger partial charge in [-0.15, -0.1) is 0 Å². The van der Waals surface area contributed by atoms with Crippen LogP contribution in [0.2, 0.25) is 0 Å². The molecule has 0 bridgehead atoms. The summed E-state index contributed by atoms with van der Waals surface area (Å²) in [5, 5.41) is 6.94. The number of nitrogens with zero attached hydrogens (tertiary/aromatic N) is 2. The molecule has 0 fully saturated rings. The van der Waals surface area contributed by atoms with E-state index >= 15 is 0 Å². The molecule has 2 rings (SSSR count). The minimum atomic E-state index is -0.149. The second-order valence-electron chi connectivity index (χ2n) is 4.48. The highest BCUT2D eigenvalue weighted by atomic mass is 32.1. The number of aromatic nitrogens is 3. The van der Waals surface area contributed by atoms with Gasteiger partial charge in [0, 0.05) is 7.05 Å². The first-order valence-corrected chi connectivity index (χ1v) is 6.25. The third-order valence-corrected chi connectivity index (χ3v) is 3.28. The van der Waals surface area contributed by atoms with Crippen molar-refractivity contribution in [2.45, 2.75) is 26.9 Å². The summed E-state index contributed by atoms with van der Waals surface area (Å²) < 4.78 is 8.35. The van der Waals surface area contributed by atoms with Crippen LogP contribution in [0.4, 0.5) is 0 Å². The lowest BCUT2D eigenvalue weighted by atomic mass is 10.1. The van der Waals surface area contributed by atoms with E-state index in [0.29, 0.717) is 4.77 Å². The molecule has 0 spiro atoms. The second kappa shape index (κ2) is 4.94. The summed E-state index contributed by atoms with van der Waals surface area (Å²) in [5.74, 6) is 1.67. The van der Waals surface area contributed by atoms with Crippen LogP contribution < -0.4 is 4.74 Å². The Bertz CT molecular complexity index is 615. The maximum atomic E-state index is 5.93. The second-order valence-corrected chi connectivity index (χ2v) is 4.86. The van der Waals surface area contributed by atoms with Crippen LogP contribution in [0.1, 0.15) is 30.0 Å². The van der Waals surface area contributed by atoms with Gasteiger partial charge in [0.1, 0.15) is 5.75 Å². The Balaban J connectivity index is 2.24. The number of aromatic amines is 1. The van der Waals surface area contributed by atoms with Gasteiger partial charge >= 0.3 is 0 Å². The molecule has 0 aliphatic rings. The fourth-order valence-electron chi connectivity index (χ4n) is 1.90. The standard InChI is InChI=1S/C13H17N3OS/c1-8-5-6-11(9(2)7-8)17-10(3)12-14-15-13(18)16(12)4/h5-7,10H,1-4H3,(H,15,18). The molecule has 2 aromatic rings. The third-order valence-electron chi connectivity index (χ3n) is 2.91. The molecule has 0 aliphatic heterocycles. The maximum Gasteiger partial charge on any atom is 0.195 e. The van der Waals surface area contributed by atoms with Crippen molar-refractivity contribution in [3.05, 3.63) is 39.9 Å². The Morgan fingerprint density at radius 1 is 1.39 bits per heavy atom. The van der Waals surface area contributed by atoms with E-state index in [-0.39, 0.29) is 6.10 Å². The number of H-pyrrole nitrogens is 1. The van der Waals surface area contributed by atoms with Gasteiger partial charge < -0.3 is 9.30 Å². The SMILES string of the molecule is Cc1ccc(OC(C)c2n[nH]c(=S)n2C)c(C)c1. The summed E-state index contributed by atoms with van der Waals surface area (Å²) in [5.41, 5.74) is 2.35. The molecule has 1 aromatic carbocycles. The zero-order chi connectivity index (χ0) is 13.3. The molecule has 0 aliphatic carbocycles. The number of ether oxygens (including phenoxy) is 1. The van der Waals surface area contributed by atoms with Gasteiger partial charge in [0.25, 0.3) is 0 Å². The van der Waals surface area contributed by atoms with Crippen LogP contribution in [0.3, 0.4) is 0 Å². The van der Waals surface area contributed by atoms with Crippen LogP contribution >= 0.6 is 12.2 Å². The number of aryl methyl sites for hydroxylation is 2. The summed E-state index contributed by atoms with van der Waals surface area (Å²) in [4.78, 5) is 0. The molecular weight excluding hydrogens is 246 g/mol. The minimum Gasteiger partial charge on any atom is -0.482 e. The van der Waals surface area contributed by atoms with Gasteiger partial charge in [0.15, 0.2) is 16.7 Å². The van der Waals surface area contributed by atoms with E-state index in [0.717, 1.165) is 17.1 Å². The van der Waals surface area contributed by atoms with E-state index in [4.69, 9.17) is 17.0 Å². The molecule has 96 valence electrons. The van der Waals surface area contributed by atoms with Crippen LogP contribution in [0.15, 0.2) is 18.2 Å². The van der Waals surface area contributed by atoms with Gasteiger partial charge in [-0.2, -0.15) is 5.10 Å². The quantitative estimate of drug-likeness (QED) is 0.864. The van der Waals surface area contributed by atoms with Crippen LogP contribution in [-0.4, -0.2) is 14.8 Å². The molecule has 0 saturated carbocycles. The Morgan fingerprint density at radius 2 is 2.11 bits per heavy atom. The Labute approximate surface area is 112 Å². The highest BCUT2D eigenvalue weighted by molar-refractivity contribution is 7.71. The van der Waals surface area contributed by atoms with E-state index in [1.807, 2.05) is 37.6 Å². The molecule has 0 saturated heterocycles. The van der Waals surface area contributed by atoms with Crippen LogP contribution in [0, 0.1) is 18.6 Å². The molecule has 1 N–H and O–H groups in total. The lowest BCUT2D eigenvalue weighted by molar-refractivity contribution is 0.210. The number of hydrogen-bond acceptors (Lipinski definition) is 3. The highest BCUT2D eigenvalue weighted by Gasteiger charge is 2.14. The van der Waals surface area contributed by atoms with Gasteiger partial charge in [0.2, 0.25) is 0 Å². The van der Waals surface area contributed by atoms with Crippen molar-refractivity contribution in [2.75, 3.05) is 0 Å². The average Bonchev–Trinajstić information content (AvgIpc) is 2.64.